The third-order valence-corrected chi connectivity index (χ3v) is 2.05. The van der Waals surface area contributed by atoms with Gasteiger partial charge in [-0.2, -0.15) is 0 Å². The van der Waals surface area contributed by atoms with Crippen LogP contribution in [-0.2, 0) is 18.3 Å². The Morgan fingerprint density at radius 1 is 1.92 bits per heavy atom. The summed E-state index contributed by atoms with van der Waals surface area (Å²) in [6.07, 6.45) is 1.71. The van der Waals surface area contributed by atoms with Crippen molar-refractivity contribution in [3.63, 3.8) is 0 Å². The minimum Gasteiger partial charge on any atom is -0.480 e. The lowest BCUT2D eigenvalue weighted by Gasteiger charge is -2.06. The molecule has 1 rings (SSSR count). The summed E-state index contributed by atoms with van der Waals surface area (Å²) in [5.41, 5.74) is 5.98. The fraction of sp³-hybridized carbons (Fsp3) is 0.429. The van der Waals surface area contributed by atoms with E-state index in [1.165, 1.54) is 6.33 Å². The highest BCUT2D eigenvalue weighted by Crippen LogP contribution is 2.13. The maximum absolute atomic E-state index is 10.5. The highest BCUT2D eigenvalue weighted by molar-refractivity contribution is 6.30. The monoisotopic (exact) mass is 203 g/mol. The molecule has 0 spiro atoms. The number of aryl methyl sites for hydroxylation is 1. The number of hydrogen-bond donors (Lipinski definition) is 2. The molecule has 5 nitrogen and oxygen atoms in total. The van der Waals surface area contributed by atoms with Crippen LogP contribution in [0.4, 0.5) is 0 Å². The first-order valence-electron chi connectivity index (χ1n) is 3.66. The van der Waals surface area contributed by atoms with Crippen molar-refractivity contribution in [3.8, 4) is 0 Å². The zero-order valence-corrected chi connectivity index (χ0v) is 7.82. The third kappa shape index (κ3) is 2.19. The van der Waals surface area contributed by atoms with Gasteiger partial charge < -0.3 is 15.4 Å². The maximum Gasteiger partial charge on any atom is 0.320 e. The van der Waals surface area contributed by atoms with Gasteiger partial charge in [0.1, 0.15) is 11.2 Å². The number of carbonyl (C=O) groups is 1. The third-order valence-electron chi connectivity index (χ3n) is 1.74. The van der Waals surface area contributed by atoms with Gasteiger partial charge in [-0.25, -0.2) is 4.98 Å². The molecule has 1 heterocycles. The van der Waals surface area contributed by atoms with Gasteiger partial charge in [0.2, 0.25) is 0 Å². The Kier molecular flexibility index (Phi) is 2.90. The molecule has 0 amide bonds. The summed E-state index contributed by atoms with van der Waals surface area (Å²) in [4.78, 5) is 14.3. The number of aromatic nitrogens is 2. The van der Waals surface area contributed by atoms with Gasteiger partial charge >= 0.3 is 5.97 Å². The molecule has 0 radical (unpaired) electrons. The average Bonchev–Trinajstić information content (AvgIpc) is 2.35. The van der Waals surface area contributed by atoms with Crippen molar-refractivity contribution in [2.24, 2.45) is 12.8 Å². The van der Waals surface area contributed by atoms with Gasteiger partial charge in [0.15, 0.2) is 0 Å². The standard InChI is InChI=1S/C7H10ClN3O2/c1-11-3-10-6(8)5(11)2-4(9)7(12)13/h3-4H,2,9H2,1H3,(H,12,13). The molecule has 6 heteroatoms. The number of aliphatic carboxylic acids is 1. The van der Waals surface area contributed by atoms with Gasteiger partial charge in [0.25, 0.3) is 0 Å². The number of halogens is 1. The Balaban J connectivity index is 2.79. The molecule has 0 saturated carbocycles. The summed E-state index contributed by atoms with van der Waals surface area (Å²) in [5.74, 6) is -1.04. The van der Waals surface area contributed by atoms with E-state index in [0.29, 0.717) is 10.8 Å². The van der Waals surface area contributed by atoms with E-state index in [2.05, 4.69) is 4.98 Å². The zero-order chi connectivity index (χ0) is 10.0. The van der Waals surface area contributed by atoms with E-state index >= 15 is 0 Å². The summed E-state index contributed by atoms with van der Waals surface area (Å²) in [6.45, 7) is 0. The molecule has 1 unspecified atom stereocenters. The lowest BCUT2D eigenvalue weighted by molar-refractivity contribution is -0.138. The highest BCUT2D eigenvalue weighted by Gasteiger charge is 2.16. The highest BCUT2D eigenvalue weighted by atomic mass is 35.5. The Morgan fingerprint density at radius 2 is 2.54 bits per heavy atom. The number of imidazole rings is 1. The van der Waals surface area contributed by atoms with Crippen molar-refractivity contribution in [2.45, 2.75) is 12.5 Å². The van der Waals surface area contributed by atoms with Crippen molar-refractivity contribution >= 4 is 17.6 Å². The van der Waals surface area contributed by atoms with Crippen molar-refractivity contribution in [1.29, 1.82) is 0 Å². The lowest BCUT2D eigenvalue weighted by Crippen LogP contribution is -2.32. The molecule has 1 aromatic heterocycles. The van der Waals surface area contributed by atoms with Crippen LogP contribution in [0.1, 0.15) is 5.69 Å². The van der Waals surface area contributed by atoms with Crippen molar-refractivity contribution in [3.05, 3.63) is 17.2 Å². The number of carboxylic acids is 1. The number of hydrogen-bond acceptors (Lipinski definition) is 3. The van der Waals surface area contributed by atoms with Gasteiger partial charge in [-0.05, 0) is 0 Å². The van der Waals surface area contributed by atoms with Crippen LogP contribution in [-0.4, -0.2) is 26.7 Å². The van der Waals surface area contributed by atoms with Gasteiger partial charge in [0.05, 0.1) is 12.0 Å². The Hall–Kier alpha value is -1.07. The number of nitrogens with zero attached hydrogens (tertiary/aromatic N) is 2. The summed E-state index contributed by atoms with van der Waals surface area (Å²) in [5, 5.41) is 8.87. The van der Waals surface area contributed by atoms with Gasteiger partial charge in [0, 0.05) is 13.5 Å². The first-order valence-corrected chi connectivity index (χ1v) is 4.04. The molecule has 0 fully saturated rings. The average molecular weight is 204 g/mol. The molecule has 0 bridgehead atoms. The van der Waals surface area contributed by atoms with E-state index in [9.17, 15) is 4.79 Å². The predicted molar refractivity (Wildman–Crippen MR) is 47.5 cm³/mol. The van der Waals surface area contributed by atoms with E-state index in [1.807, 2.05) is 0 Å². The second-order valence-electron chi connectivity index (χ2n) is 2.74. The van der Waals surface area contributed by atoms with Crippen molar-refractivity contribution in [1.82, 2.24) is 9.55 Å². The first kappa shape index (κ1) is 10.0. The number of rotatable bonds is 3. The van der Waals surface area contributed by atoms with E-state index in [4.69, 9.17) is 22.4 Å². The van der Waals surface area contributed by atoms with Gasteiger partial charge in [-0.3, -0.25) is 4.79 Å². The van der Waals surface area contributed by atoms with Crippen LogP contribution in [0, 0.1) is 0 Å². The van der Waals surface area contributed by atoms with Crippen LogP contribution in [0.25, 0.3) is 0 Å². The molecule has 0 aliphatic rings. The summed E-state index contributed by atoms with van der Waals surface area (Å²) in [7, 11) is 1.74. The van der Waals surface area contributed by atoms with E-state index < -0.39 is 12.0 Å². The minimum absolute atomic E-state index is 0.185. The second-order valence-corrected chi connectivity index (χ2v) is 3.10. The second kappa shape index (κ2) is 3.76. The summed E-state index contributed by atoms with van der Waals surface area (Å²) in [6, 6.07) is -0.937. The molecule has 0 aliphatic carbocycles. The summed E-state index contributed by atoms with van der Waals surface area (Å²) >= 11 is 5.71. The van der Waals surface area contributed by atoms with Crippen LogP contribution in [0.15, 0.2) is 6.33 Å². The normalized spacial score (nSPS) is 12.8. The molecule has 1 atom stereocenters. The van der Waals surface area contributed by atoms with Crippen molar-refractivity contribution < 1.29 is 9.90 Å². The zero-order valence-electron chi connectivity index (χ0n) is 7.07. The molecule has 0 aliphatic heterocycles. The van der Waals surface area contributed by atoms with Crippen molar-refractivity contribution in [2.75, 3.05) is 0 Å². The Morgan fingerprint density at radius 3 is 2.92 bits per heavy atom. The van der Waals surface area contributed by atoms with Crippen LogP contribution >= 0.6 is 11.6 Å². The largest absolute Gasteiger partial charge is 0.480 e. The summed E-state index contributed by atoms with van der Waals surface area (Å²) < 4.78 is 1.66. The smallest absolute Gasteiger partial charge is 0.320 e. The Labute approximate surface area is 80.1 Å². The predicted octanol–water partition coefficient (Wildman–Crippen LogP) is 0.0279. The topological polar surface area (TPSA) is 81.1 Å². The molecule has 0 aromatic carbocycles. The molecule has 1 aromatic rings. The van der Waals surface area contributed by atoms with Gasteiger partial charge in [-0.1, -0.05) is 11.6 Å². The van der Waals surface area contributed by atoms with E-state index in [1.54, 1.807) is 11.6 Å². The minimum atomic E-state index is -1.04. The van der Waals surface area contributed by atoms with E-state index in [-0.39, 0.29) is 6.42 Å². The molecule has 3 N–H and O–H groups in total. The Bertz CT molecular complexity index is 304. The first-order chi connectivity index (χ1) is 6.02. The number of carboxylic acid groups (broad SMARTS) is 1. The van der Waals surface area contributed by atoms with Crippen LogP contribution < -0.4 is 5.73 Å². The fourth-order valence-corrected chi connectivity index (χ4v) is 1.20. The van der Waals surface area contributed by atoms with Gasteiger partial charge in [-0.15, -0.1) is 0 Å². The van der Waals surface area contributed by atoms with E-state index in [0.717, 1.165) is 0 Å². The number of nitrogens with two attached hydrogens (primary N) is 1. The molecule has 13 heavy (non-hydrogen) atoms. The van der Waals surface area contributed by atoms with Crippen LogP contribution in [0.5, 0.6) is 0 Å². The SMILES string of the molecule is Cn1cnc(Cl)c1CC(N)C(=O)O. The van der Waals surface area contributed by atoms with Crippen LogP contribution in [0.3, 0.4) is 0 Å². The fourth-order valence-electron chi connectivity index (χ4n) is 0.951. The molecular formula is C7H10ClN3O2. The molecule has 72 valence electrons. The van der Waals surface area contributed by atoms with Crippen LogP contribution in [0.2, 0.25) is 5.15 Å². The quantitative estimate of drug-likeness (QED) is 0.726. The molecule has 0 saturated heterocycles. The molecular weight excluding hydrogens is 194 g/mol. The maximum atomic E-state index is 10.5. The lowest BCUT2D eigenvalue weighted by atomic mass is 10.2.